The van der Waals surface area contributed by atoms with Crippen molar-refractivity contribution in [2.45, 2.75) is 25.8 Å². The summed E-state index contributed by atoms with van der Waals surface area (Å²) in [5, 5.41) is 0. The number of hydrogen-bond donors (Lipinski definition) is 0. The van der Waals surface area contributed by atoms with Crippen LogP contribution in [-0.4, -0.2) is 15.4 Å². The minimum atomic E-state index is 0.0527. The van der Waals surface area contributed by atoms with Crippen LogP contribution in [0.3, 0.4) is 0 Å². The Morgan fingerprint density at radius 2 is 2.25 bits per heavy atom. The second-order valence-electron chi connectivity index (χ2n) is 2.66. The predicted molar refractivity (Wildman–Crippen MR) is 34.5 cm³/mol. The quantitative estimate of drug-likeness (QED) is 0.404. The topological polar surface area (TPSA) is 20.3 Å². The normalized spacial score (nSPS) is 25.4. The van der Waals surface area contributed by atoms with Gasteiger partial charge in [0.05, 0.1) is 28.1 Å². The van der Waals surface area contributed by atoms with Crippen LogP contribution in [0.4, 0.5) is 0 Å². The Morgan fingerprint density at radius 1 is 1.75 bits per heavy atom. The van der Waals surface area contributed by atoms with Crippen LogP contribution < -0.4 is 0 Å². The van der Waals surface area contributed by atoms with Crippen molar-refractivity contribution in [1.29, 1.82) is 0 Å². The Bertz CT molecular complexity index is 132. The van der Waals surface area contributed by atoms with Gasteiger partial charge in [-0.1, -0.05) is 0 Å². The molecule has 1 amide bonds. The highest BCUT2D eigenvalue weighted by molar-refractivity contribution is 9.07. The number of carbonyl (C=O) groups is 1. The molecule has 1 aliphatic rings. The van der Waals surface area contributed by atoms with Gasteiger partial charge in [0.15, 0.2) is 0 Å². The third kappa shape index (κ3) is 0.652. The molecule has 1 saturated heterocycles. The van der Waals surface area contributed by atoms with Gasteiger partial charge in [0.2, 0.25) is 5.91 Å². The van der Waals surface area contributed by atoms with Crippen LogP contribution in [0, 0.1) is 0 Å². The maximum atomic E-state index is 10.5. The lowest BCUT2D eigenvalue weighted by Gasteiger charge is -2.42. The van der Waals surface area contributed by atoms with Gasteiger partial charge in [0.25, 0.3) is 0 Å². The molecule has 0 aliphatic carbocycles. The van der Waals surface area contributed by atoms with Gasteiger partial charge in [-0.3, -0.25) is 8.72 Å². The third-order valence-corrected chi connectivity index (χ3v) is 2.69. The molecule has 0 bridgehead atoms. The molecule has 0 atom stereocenters. The lowest BCUT2D eigenvalue weighted by atomic mass is 9.92. The number of β-lactam (4-membered cyclic amide) rings is 1. The van der Waals surface area contributed by atoms with Crippen molar-refractivity contribution in [2.24, 2.45) is 0 Å². The van der Waals surface area contributed by atoms with Gasteiger partial charge in [-0.15, -0.1) is 0 Å². The maximum absolute atomic E-state index is 10.5. The van der Waals surface area contributed by atoms with Crippen LogP contribution in [0.5, 0.6) is 0 Å². The molecule has 0 aromatic carbocycles. The first kappa shape index (κ1) is 6.08. The van der Waals surface area contributed by atoms with Crippen LogP contribution in [-0.2, 0) is 4.79 Å². The molecule has 8 heavy (non-hydrogen) atoms. The van der Waals surface area contributed by atoms with Crippen molar-refractivity contribution in [3.05, 3.63) is 0 Å². The first-order valence-corrected chi connectivity index (χ1v) is 3.24. The maximum Gasteiger partial charge on any atom is 0.235 e. The first-order chi connectivity index (χ1) is 3.54. The molecular weight excluding hydrogens is 170 g/mol. The lowest BCUT2D eigenvalue weighted by molar-refractivity contribution is -0.141. The molecule has 2 nitrogen and oxygen atoms in total. The summed E-state index contributed by atoms with van der Waals surface area (Å²) in [5.74, 6) is 0.176. The first-order valence-electron chi connectivity index (χ1n) is 2.53. The van der Waals surface area contributed by atoms with Gasteiger partial charge < -0.3 is 0 Å². The lowest BCUT2D eigenvalue weighted by Crippen LogP contribution is -2.53. The average molecular weight is 178 g/mol. The summed E-state index contributed by atoms with van der Waals surface area (Å²) >= 11 is 3.13. The molecular formula is C5H8BrNO. The van der Waals surface area contributed by atoms with E-state index in [2.05, 4.69) is 16.1 Å². The van der Waals surface area contributed by atoms with E-state index in [0.717, 1.165) is 0 Å². The minimum absolute atomic E-state index is 0.0527. The van der Waals surface area contributed by atoms with Gasteiger partial charge in [0.1, 0.15) is 0 Å². The fourth-order valence-electron chi connectivity index (χ4n) is 0.755. The summed E-state index contributed by atoms with van der Waals surface area (Å²) in [6.07, 6.45) is 0.665. The Kier molecular flexibility index (Phi) is 1.11. The minimum Gasteiger partial charge on any atom is -0.274 e. The SMILES string of the molecule is CC1(C)CC(=O)N1Br. The van der Waals surface area contributed by atoms with Crippen LogP contribution in [0.15, 0.2) is 0 Å². The smallest absolute Gasteiger partial charge is 0.235 e. The van der Waals surface area contributed by atoms with Crippen molar-refractivity contribution in [2.75, 3.05) is 0 Å². The van der Waals surface area contributed by atoms with Crippen molar-refractivity contribution < 1.29 is 4.79 Å². The molecule has 1 rings (SSSR count). The van der Waals surface area contributed by atoms with E-state index in [1.165, 1.54) is 0 Å². The zero-order chi connectivity index (χ0) is 6.36. The summed E-state index contributed by atoms with van der Waals surface area (Å²) in [5.41, 5.74) is 0.0527. The molecule has 0 aromatic rings. The van der Waals surface area contributed by atoms with Gasteiger partial charge >= 0.3 is 0 Å². The molecule has 0 spiro atoms. The fourth-order valence-corrected chi connectivity index (χ4v) is 1.01. The molecule has 1 heterocycles. The third-order valence-electron chi connectivity index (χ3n) is 1.33. The standard InChI is InChI=1S/C5H8BrNO/c1-5(2)3-4(8)7(5)6/h3H2,1-2H3. The summed E-state index contributed by atoms with van der Waals surface area (Å²) in [4.78, 5) is 10.5. The average Bonchev–Trinajstić information content (AvgIpc) is 1.65. The number of halogens is 1. The summed E-state index contributed by atoms with van der Waals surface area (Å²) in [7, 11) is 0. The van der Waals surface area contributed by atoms with Crippen molar-refractivity contribution in [3.63, 3.8) is 0 Å². The molecule has 1 aliphatic heterocycles. The molecule has 0 saturated carbocycles. The van der Waals surface area contributed by atoms with Crippen LogP contribution >= 0.6 is 16.1 Å². The van der Waals surface area contributed by atoms with Crippen molar-refractivity contribution >= 4 is 22.1 Å². The van der Waals surface area contributed by atoms with E-state index >= 15 is 0 Å². The number of nitrogens with zero attached hydrogens (tertiary/aromatic N) is 1. The second-order valence-corrected chi connectivity index (χ2v) is 3.37. The van der Waals surface area contributed by atoms with E-state index in [1.54, 1.807) is 3.93 Å². The van der Waals surface area contributed by atoms with E-state index in [0.29, 0.717) is 6.42 Å². The summed E-state index contributed by atoms with van der Waals surface area (Å²) in [6.45, 7) is 4.03. The Labute approximate surface area is 57.2 Å². The number of carbonyl (C=O) groups excluding carboxylic acids is 1. The number of rotatable bonds is 0. The second kappa shape index (κ2) is 1.47. The van der Waals surface area contributed by atoms with Gasteiger partial charge in [0, 0.05) is 0 Å². The highest BCUT2D eigenvalue weighted by Gasteiger charge is 2.41. The summed E-state index contributed by atoms with van der Waals surface area (Å²) < 4.78 is 1.58. The van der Waals surface area contributed by atoms with Crippen molar-refractivity contribution in [1.82, 2.24) is 3.93 Å². The van der Waals surface area contributed by atoms with E-state index in [1.807, 2.05) is 13.8 Å². The number of hydrogen-bond acceptors (Lipinski definition) is 1. The molecule has 0 N–H and O–H groups in total. The molecule has 3 heteroatoms. The van der Waals surface area contributed by atoms with E-state index in [9.17, 15) is 4.79 Å². The molecule has 46 valence electrons. The zero-order valence-corrected chi connectivity index (χ0v) is 6.53. The Balaban J connectivity index is 2.60. The van der Waals surface area contributed by atoms with Crippen LogP contribution in [0.2, 0.25) is 0 Å². The fraction of sp³-hybridized carbons (Fsp3) is 0.800. The largest absolute Gasteiger partial charge is 0.274 e. The van der Waals surface area contributed by atoms with E-state index < -0.39 is 0 Å². The van der Waals surface area contributed by atoms with E-state index in [4.69, 9.17) is 0 Å². The Morgan fingerprint density at radius 3 is 2.25 bits per heavy atom. The zero-order valence-electron chi connectivity index (χ0n) is 4.94. The highest BCUT2D eigenvalue weighted by atomic mass is 79.9. The monoisotopic (exact) mass is 177 g/mol. The van der Waals surface area contributed by atoms with Gasteiger partial charge in [-0.25, -0.2) is 0 Å². The Hall–Kier alpha value is -0.0500. The summed E-state index contributed by atoms with van der Waals surface area (Å²) in [6, 6.07) is 0. The molecule has 0 radical (unpaired) electrons. The molecule has 0 aromatic heterocycles. The van der Waals surface area contributed by atoms with E-state index in [-0.39, 0.29) is 11.4 Å². The van der Waals surface area contributed by atoms with Gasteiger partial charge in [-0.05, 0) is 13.8 Å². The van der Waals surface area contributed by atoms with Gasteiger partial charge in [-0.2, -0.15) is 0 Å². The van der Waals surface area contributed by atoms with Crippen LogP contribution in [0.25, 0.3) is 0 Å². The molecule has 0 unspecified atom stereocenters. The molecule has 1 fully saturated rings. The van der Waals surface area contributed by atoms with Crippen molar-refractivity contribution in [3.8, 4) is 0 Å². The van der Waals surface area contributed by atoms with Crippen LogP contribution in [0.1, 0.15) is 20.3 Å². The highest BCUT2D eigenvalue weighted by Crippen LogP contribution is 2.33. The number of amides is 1. The predicted octanol–water partition coefficient (Wildman–Crippen LogP) is 1.31.